The molecule has 1 unspecified atom stereocenters. The van der Waals surface area contributed by atoms with Crippen LogP contribution >= 0.6 is 0 Å². The smallest absolute Gasteiger partial charge is 0.363 e. The Morgan fingerprint density at radius 1 is 1.21 bits per heavy atom. The van der Waals surface area contributed by atoms with Gasteiger partial charge in [-0.25, -0.2) is 9.97 Å². The van der Waals surface area contributed by atoms with E-state index in [4.69, 9.17) is 4.98 Å². The minimum absolute atomic E-state index is 0.167. The Morgan fingerprint density at radius 2 is 1.94 bits per heavy atom. The zero-order valence-corrected chi connectivity index (χ0v) is 19.3. The number of nitrogens with one attached hydrogen (secondary N) is 1. The Labute approximate surface area is 195 Å². The van der Waals surface area contributed by atoms with Crippen LogP contribution in [0.1, 0.15) is 66.0 Å². The summed E-state index contributed by atoms with van der Waals surface area (Å²) >= 11 is 0. The highest BCUT2D eigenvalue weighted by Gasteiger charge is 2.62. The lowest BCUT2D eigenvalue weighted by Gasteiger charge is -2.61. The van der Waals surface area contributed by atoms with Crippen LogP contribution in [0.15, 0.2) is 24.4 Å². The Kier molecular flexibility index (Phi) is 4.39. The molecule has 9 heteroatoms. The van der Waals surface area contributed by atoms with Crippen LogP contribution in [0.3, 0.4) is 0 Å². The molecule has 0 spiro atoms. The number of amides is 1. The standard InChI is InChI=1S/C25H26F3N5O/c1-13-17(5-4-6-19(13)25(26,27)28)14(2)30-22-18-11-32(23(34)24-7-16(8-24)9-24)12-20(18)33-15(3)29-10-21(33)31-22/h4-6,10,14,16H,7-9,11-12H2,1-3H3,(H,30,31). The van der Waals surface area contributed by atoms with Gasteiger partial charge in [0.1, 0.15) is 11.6 Å². The van der Waals surface area contributed by atoms with E-state index >= 15 is 0 Å². The normalized spacial score (nSPS) is 23.9. The predicted molar refractivity (Wildman–Crippen MR) is 120 cm³/mol. The fourth-order valence-corrected chi connectivity index (χ4v) is 6.11. The average Bonchev–Trinajstić information content (AvgIpc) is 3.29. The lowest BCUT2D eigenvalue weighted by atomic mass is 9.44. The highest BCUT2D eigenvalue weighted by atomic mass is 19.4. The number of nitrogens with zero attached hydrogens (tertiary/aromatic N) is 4. The van der Waals surface area contributed by atoms with Crippen LogP contribution in [0.5, 0.6) is 0 Å². The van der Waals surface area contributed by atoms with Crippen molar-refractivity contribution in [1.82, 2.24) is 19.3 Å². The second-order valence-electron chi connectivity index (χ2n) is 10.2. The number of benzene rings is 1. The number of hydrogen-bond donors (Lipinski definition) is 1. The summed E-state index contributed by atoms with van der Waals surface area (Å²) in [6.07, 6.45) is 0.260. The summed E-state index contributed by atoms with van der Waals surface area (Å²) < 4.78 is 42.3. The molecule has 3 aliphatic carbocycles. The molecule has 1 aromatic carbocycles. The Morgan fingerprint density at radius 3 is 2.59 bits per heavy atom. The van der Waals surface area contributed by atoms with Gasteiger partial charge in [-0.15, -0.1) is 0 Å². The van der Waals surface area contributed by atoms with Crippen LogP contribution < -0.4 is 5.32 Å². The second-order valence-corrected chi connectivity index (χ2v) is 10.2. The van der Waals surface area contributed by atoms with Crippen LogP contribution in [0.25, 0.3) is 5.65 Å². The molecule has 6 nitrogen and oxygen atoms in total. The second kappa shape index (κ2) is 6.96. The van der Waals surface area contributed by atoms with Crippen molar-refractivity contribution in [3.8, 4) is 0 Å². The highest BCUT2D eigenvalue weighted by molar-refractivity contribution is 5.86. The summed E-state index contributed by atoms with van der Waals surface area (Å²) in [4.78, 5) is 24.4. The molecule has 1 atom stereocenters. The molecule has 2 aromatic heterocycles. The third kappa shape index (κ3) is 2.98. The number of rotatable bonds is 4. The van der Waals surface area contributed by atoms with E-state index in [0.717, 1.165) is 42.4 Å². The largest absolute Gasteiger partial charge is 0.416 e. The van der Waals surface area contributed by atoms with Gasteiger partial charge in [0.25, 0.3) is 0 Å². The Hall–Kier alpha value is -3.10. The van der Waals surface area contributed by atoms with Gasteiger partial charge in [0.2, 0.25) is 5.91 Å². The van der Waals surface area contributed by atoms with Gasteiger partial charge in [0.15, 0.2) is 5.65 Å². The first-order valence-corrected chi connectivity index (χ1v) is 11.7. The quantitative estimate of drug-likeness (QED) is 0.572. The van der Waals surface area contributed by atoms with Crippen molar-refractivity contribution in [2.75, 3.05) is 5.32 Å². The average molecular weight is 470 g/mol. The summed E-state index contributed by atoms with van der Waals surface area (Å²) in [5.74, 6) is 2.32. The van der Waals surface area contributed by atoms with Crippen LogP contribution in [-0.2, 0) is 24.1 Å². The van der Waals surface area contributed by atoms with Crippen molar-refractivity contribution in [3.63, 3.8) is 0 Å². The molecule has 7 rings (SSSR count). The predicted octanol–water partition coefficient (Wildman–Crippen LogP) is 5.18. The van der Waals surface area contributed by atoms with Crippen LogP contribution in [0.4, 0.5) is 19.0 Å². The molecular formula is C25H26F3N5O. The van der Waals surface area contributed by atoms with Crippen LogP contribution in [0.2, 0.25) is 0 Å². The summed E-state index contributed by atoms with van der Waals surface area (Å²) in [6.45, 7) is 6.17. The summed E-state index contributed by atoms with van der Waals surface area (Å²) in [7, 11) is 0. The number of carbonyl (C=O) groups is 1. The number of aryl methyl sites for hydroxylation is 1. The fraction of sp³-hybridized carbons (Fsp3) is 0.480. The Balaban J connectivity index is 1.36. The van der Waals surface area contributed by atoms with Gasteiger partial charge in [-0.2, -0.15) is 13.2 Å². The molecule has 34 heavy (non-hydrogen) atoms. The van der Waals surface area contributed by atoms with E-state index in [2.05, 4.69) is 10.3 Å². The third-order valence-corrected chi connectivity index (χ3v) is 8.02. The lowest BCUT2D eigenvalue weighted by molar-refractivity contribution is -0.177. The van der Waals surface area contributed by atoms with Gasteiger partial charge in [0, 0.05) is 5.56 Å². The molecule has 3 heterocycles. The molecule has 4 aliphatic rings. The first kappa shape index (κ1) is 21.4. The number of alkyl halides is 3. The van der Waals surface area contributed by atoms with Crippen molar-refractivity contribution < 1.29 is 18.0 Å². The van der Waals surface area contributed by atoms with E-state index in [-0.39, 0.29) is 16.9 Å². The molecule has 0 radical (unpaired) electrons. The van der Waals surface area contributed by atoms with E-state index in [1.807, 2.05) is 23.1 Å². The van der Waals surface area contributed by atoms with E-state index in [0.29, 0.717) is 36.0 Å². The van der Waals surface area contributed by atoms with E-state index in [1.54, 1.807) is 12.3 Å². The molecule has 2 bridgehead atoms. The van der Waals surface area contributed by atoms with Crippen molar-refractivity contribution >= 4 is 17.4 Å². The minimum atomic E-state index is -4.41. The molecule has 0 saturated heterocycles. The van der Waals surface area contributed by atoms with Gasteiger partial charge in [-0.3, -0.25) is 9.20 Å². The maximum atomic E-state index is 13.4. The van der Waals surface area contributed by atoms with E-state index in [9.17, 15) is 18.0 Å². The number of anilines is 1. The number of imidazole rings is 1. The van der Waals surface area contributed by atoms with Gasteiger partial charge < -0.3 is 10.2 Å². The minimum Gasteiger partial charge on any atom is -0.363 e. The zero-order valence-electron chi connectivity index (χ0n) is 19.3. The van der Waals surface area contributed by atoms with E-state index in [1.165, 1.54) is 13.0 Å². The Bertz CT molecular complexity index is 1330. The van der Waals surface area contributed by atoms with Gasteiger partial charge in [-0.05, 0) is 63.1 Å². The van der Waals surface area contributed by atoms with Crippen molar-refractivity contribution in [2.24, 2.45) is 11.3 Å². The van der Waals surface area contributed by atoms with Gasteiger partial charge >= 0.3 is 6.18 Å². The lowest BCUT2D eigenvalue weighted by Crippen LogP contribution is -2.60. The molecule has 3 aromatic rings. The number of halogens is 3. The van der Waals surface area contributed by atoms with Crippen molar-refractivity contribution in [2.45, 2.75) is 65.3 Å². The monoisotopic (exact) mass is 469 g/mol. The van der Waals surface area contributed by atoms with Crippen LogP contribution in [0, 0.1) is 25.2 Å². The molecule has 3 saturated carbocycles. The topological polar surface area (TPSA) is 62.5 Å². The first-order valence-electron chi connectivity index (χ1n) is 11.7. The summed E-state index contributed by atoms with van der Waals surface area (Å²) in [5.41, 5.74) is 2.50. The fourth-order valence-electron chi connectivity index (χ4n) is 6.11. The third-order valence-electron chi connectivity index (χ3n) is 8.02. The van der Waals surface area contributed by atoms with E-state index < -0.39 is 17.8 Å². The molecular weight excluding hydrogens is 443 g/mol. The molecule has 3 fully saturated rings. The number of carbonyl (C=O) groups excluding carboxylic acids is 1. The number of hydrogen-bond acceptors (Lipinski definition) is 4. The summed E-state index contributed by atoms with van der Waals surface area (Å²) in [5, 5.41) is 3.36. The summed E-state index contributed by atoms with van der Waals surface area (Å²) in [6, 6.07) is 3.85. The molecule has 178 valence electrons. The maximum absolute atomic E-state index is 13.4. The zero-order chi connectivity index (χ0) is 24.0. The maximum Gasteiger partial charge on any atom is 0.416 e. The number of aromatic nitrogens is 3. The molecule has 1 aliphatic heterocycles. The van der Waals surface area contributed by atoms with Gasteiger partial charge in [0.05, 0.1) is 42.0 Å². The van der Waals surface area contributed by atoms with Crippen molar-refractivity contribution in [1.29, 1.82) is 0 Å². The SMILES string of the molecule is Cc1c(C(C)Nc2nc3cnc(C)n3c3c2CN(C(=O)C24CC(C2)C4)C3)cccc1C(F)(F)F. The first-order chi connectivity index (χ1) is 16.1. The van der Waals surface area contributed by atoms with Crippen molar-refractivity contribution in [3.05, 3.63) is 58.2 Å². The number of fused-ring (bicyclic) bond motifs is 3. The van der Waals surface area contributed by atoms with Crippen LogP contribution in [-0.4, -0.2) is 25.2 Å². The molecule has 1 amide bonds. The van der Waals surface area contributed by atoms with Gasteiger partial charge in [-0.1, -0.05) is 12.1 Å². The molecule has 1 N–H and O–H groups in total. The highest BCUT2D eigenvalue weighted by Crippen LogP contribution is 2.65.